The average Bonchev–Trinajstić information content (AvgIpc) is 2.32. The zero-order valence-corrected chi connectivity index (χ0v) is 11.2. The molecule has 2 N–H and O–H groups in total. The number of carbonyl (C=O) groups is 1. The number of halogens is 2. The molecular formula is C13H17Cl2NO. The van der Waals surface area contributed by atoms with Gasteiger partial charge in [-0.25, -0.2) is 0 Å². The SMILES string of the molecule is NCCCCCCC(=O)c1ccc(Cl)c(Cl)c1. The van der Waals surface area contributed by atoms with Crippen molar-refractivity contribution in [1.82, 2.24) is 0 Å². The number of benzene rings is 1. The van der Waals surface area contributed by atoms with Crippen molar-refractivity contribution in [2.45, 2.75) is 32.1 Å². The Morgan fingerprint density at radius 2 is 1.76 bits per heavy atom. The van der Waals surface area contributed by atoms with Crippen molar-refractivity contribution in [3.63, 3.8) is 0 Å². The number of ketones is 1. The Kier molecular flexibility index (Phi) is 6.56. The quantitative estimate of drug-likeness (QED) is 0.601. The van der Waals surface area contributed by atoms with Crippen molar-refractivity contribution in [2.24, 2.45) is 5.73 Å². The molecule has 0 amide bonds. The maximum Gasteiger partial charge on any atom is 0.162 e. The Morgan fingerprint density at radius 3 is 2.41 bits per heavy atom. The van der Waals surface area contributed by atoms with E-state index in [2.05, 4.69) is 0 Å². The maximum atomic E-state index is 11.8. The van der Waals surface area contributed by atoms with Crippen LogP contribution in [0.3, 0.4) is 0 Å². The monoisotopic (exact) mass is 273 g/mol. The van der Waals surface area contributed by atoms with Crippen molar-refractivity contribution in [3.8, 4) is 0 Å². The lowest BCUT2D eigenvalue weighted by Gasteiger charge is -2.03. The van der Waals surface area contributed by atoms with Crippen LogP contribution in [-0.4, -0.2) is 12.3 Å². The smallest absolute Gasteiger partial charge is 0.162 e. The molecule has 4 heteroatoms. The van der Waals surface area contributed by atoms with Crippen LogP contribution >= 0.6 is 23.2 Å². The molecule has 2 nitrogen and oxygen atoms in total. The average molecular weight is 274 g/mol. The predicted octanol–water partition coefficient (Wildman–Crippen LogP) is 4.09. The number of carbonyl (C=O) groups excluding carboxylic acids is 1. The minimum Gasteiger partial charge on any atom is -0.330 e. The molecule has 0 aliphatic heterocycles. The predicted molar refractivity (Wildman–Crippen MR) is 72.9 cm³/mol. The van der Waals surface area contributed by atoms with Crippen LogP contribution < -0.4 is 5.73 Å². The fraction of sp³-hybridized carbons (Fsp3) is 0.462. The number of unbranched alkanes of at least 4 members (excludes halogenated alkanes) is 3. The van der Waals surface area contributed by atoms with Gasteiger partial charge in [-0.15, -0.1) is 0 Å². The lowest BCUT2D eigenvalue weighted by Crippen LogP contribution is -2.00. The van der Waals surface area contributed by atoms with Crippen molar-refractivity contribution in [3.05, 3.63) is 33.8 Å². The summed E-state index contributed by atoms with van der Waals surface area (Å²) in [6, 6.07) is 5.01. The summed E-state index contributed by atoms with van der Waals surface area (Å²) in [5.74, 6) is 0.122. The summed E-state index contributed by atoms with van der Waals surface area (Å²) >= 11 is 11.7. The van der Waals surface area contributed by atoms with E-state index in [0.717, 1.165) is 32.2 Å². The summed E-state index contributed by atoms with van der Waals surface area (Å²) in [5.41, 5.74) is 6.04. The molecule has 17 heavy (non-hydrogen) atoms. The Bertz CT molecular complexity index is 380. The number of hydrogen-bond acceptors (Lipinski definition) is 2. The molecule has 0 saturated carbocycles. The highest BCUT2D eigenvalue weighted by Gasteiger charge is 2.07. The normalized spacial score (nSPS) is 10.5. The molecule has 1 aromatic rings. The fourth-order valence-electron chi connectivity index (χ4n) is 1.60. The van der Waals surface area contributed by atoms with Crippen molar-refractivity contribution >= 4 is 29.0 Å². The van der Waals surface area contributed by atoms with Gasteiger partial charge in [-0.05, 0) is 37.6 Å². The van der Waals surface area contributed by atoms with Gasteiger partial charge in [0.05, 0.1) is 10.0 Å². The van der Waals surface area contributed by atoms with Crippen molar-refractivity contribution in [1.29, 1.82) is 0 Å². The van der Waals surface area contributed by atoms with Gasteiger partial charge in [0.2, 0.25) is 0 Å². The summed E-state index contributed by atoms with van der Waals surface area (Å²) < 4.78 is 0. The fourth-order valence-corrected chi connectivity index (χ4v) is 1.90. The van der Waals surface area contributed by atoms with Crippen LogP contribution in [0.4, 0.5) is 0 Å². The molecular weight excluding hydrogens is 257 g/mol. The van der Waals surface area contributed by atoms with Crippen LogP contribution in [0.1, 0.15) is 42.5 Å². The molecule has 0 fully saturated rings. The second-order valence-electron chi connectivity index (χ2n) is 4.00. The van der Waals surface area contributed by atoms with Gasteiger partial charge in [0.25, 0.3) is 0 Å². The second-order valence-corrected chi connectivity index (χ2v) is 4.82. The topological polar surface area (TPSA) is 43.1 Å². The van der Waals surface area contributed by atoms with E-state index in [0.29, 0.717) is 22.0 Å². The first-order chi connectivity index (χ1) is 8.15. The third-order valence-electron chi connectivity index (χ3n) is 2.60. The van der Waals surface area contributed by atoms with E-state index in [9.17, 15) is 4.79 Å². The van der Waals surface area contributed by atoms with Crippen LogP contribution in [0.25, 0.3) is 0 Å². The Labute approximate surface area is 112 Å². The van der Waals surface area contributed by atoms with Gasteiger partial charge in [-0.2, -0.15) is 0 Å². The maximum absolute atomic E-state index is 11.8. The largest absolute Gasteiger partial charge is 0.330 e. The molecule has 0 unspecified atom stereocenters. The highest BCUT2D eigenvalue weighted by Crippen LogP contribution is 2.23. The van der Waals surface area contributed by atoms with E-state index < -0.39 is 0 Å². The summed E-state index contributed by atoms with van der Waals surface area (Å²) in [5, 5.41) is 0.909. The van der Waals surface area contributed by atoms with Crippen LogP contribution in [0.2, 0.25) is 10.0 Å². The lowest BCUT2D eigenvalue weighted by atomic mass is 10.0. The summed E-state index contributed by atoms with van der Waals surface area (Å²) in [6.07, 6.45) is 4.62. The zero-order valence-electron chi connectivity index (χ0n) is 9.72. The van der Waals surface area contributed by atoms with E-state index >= 15 is 0 Å². The first-order valence-corrected chi connectivity index (χ1v) is 6.59. The van der Waals surface area contributed by atoms with Gasteiger partial charge in [0.1, 0.15) is 0 Å². The molecule has 0 bridgehead atoms. The van der Waals surface area contributed by atoms with Crippen molar-refractivity contribution < 1.29 is 4.79 Å². The molecule has 0 saturated heterocycles. The first-order valence-electron chi connectivity index (χ1n) is 5.83. The van der Waals surface area contributed by atoms with Crippen LogP contribution in [0.15, 0.2) is 18.2 Å². The van der Waals surface area contributed by atoms with E-state index in [1.54, 1.807) is 18.2 Å². The van der Waals surface area contributed by atoms with Gasteiger partial charge < -0.3 is 5.73 Å². The van der Waals surface area contributed by atoms with Crippen LogP contribution in [-0.2, 0) is 0 Å². The molecule has 0 radical (unpaired) electrons. The number of rotatable bonds is 7. The first kappa shape index (κ1) is 14.5. The molecule has 0 spiro atoms. The standard InChI is InChI=1S/C13H17Cl2NO/c14-11-7-6-10(9-12(11)15)13(17)5-3-1-2-4-8-16/h6-7,9H,1-5,8,16H2. The highest BCUT2D eigenvalue weighted by molar-refractivity contribution is 6.42. The highest BCUT2D eigenvalue weighted by atomic mass is 35.5. The molecule has 94 valence electrons. The minimum atomic E-state index is 0.122. The lowest BCUT2D eigenvalue weighted by molar-refractivity contribution is 0.0979. The van der Waals surface area contributed by atoms with E-state index in [1.165, 1.54) is 0 Å². The molecule has 0 aromatic heterocycles. The third-order valence-corrected chi connectivity index (χ3v) is 3.34. The third kappa shape index (κ3) is 5.07. The number of Topliss-reactive ketones (excluding diaryl/α,β-unsaturated/α-hetero) is 1. The van der Waals surface area contributed by atoms with Gasteiger partial charge in [-0.3, -0.25) is 4.79 Å². The van der Waals surface area contributed by atoms with E-state index in [-0.39, 0.29) is 5.78 Å². The summed E-state index contributed by atoms with van der Waals surface area (Å²) in [7, 11) is 0. The van der Waals surface area contributed by atoms with Gasteiger partial charge in [0, 0.05) is 12.0 Å². The van der Waals surface area contributed by atoms with E-state index in [1.807, 2.05) is 0 Å². The van der Waals surface area contributed by atoms with E-state index in [4.69, 9.17) is 28.9 Å². The molecule has 0 atom stereocenters. The van der Waals surface area contributed by atoms with Crippen molar-refractivity contribution in [2.75, 3.05) is 6.54 Å². The molecule has 0 heterocycles. The Hall–Kier alpha value is -0.570. The molecule has 1 rings (SSSR count). The minimum absolute atomic E-state index is 0.122. The Balaban J connectivity index is 2.39. The molecule has 0 aliphatic carbocycles. The molecule has 0 aliphatic rings. The van der Waals surface area contributed by atoms with Gasteiger partial charge in [-0.1, -0.05) is 36.0 Å². The van der Waals surface area contributed by atoms with Gasteiger partial charge in [0.15, 0.2) is 5.78 Å². The van der Waals surface area contributed by atoms with Crippen LogP contribution in [0, 0.1) is 0 Å². The second kappa shape index (κ2) is 7.70. The summed E-state index contributed by atoms with van der Waals surface area (Å²) in [4.78, 5) is 11.8. The Morgan fingerprint density at radius 1 is 1.06 bits per heavy atom. The summed E-state index contributed by atoms with van der Waals surface area (Å²) in [6.45, 7) is 0.723. The molecule has 1 aromatic carbocycles. The zero-order chi connectivity index (χ0) is 12.7. The van der Waals surface area contributed by atoms with Crippen LogP contribution in [0.5, 0.6) is 0 Å². The number of hydrogen-bond donors (Lipinski definition) is 1. The number of nitrogens with two attached hydrogens (primary N) is 1. The van der Waals surface area contributed by atoms with Gasteiger partial charge >= 0.3 is 0 Å².